The van der Waals surface area contributed by atoms with Crippen molar-refractivity contribution < 1.29 is 0 Å². The van der Waals surface area contributed by atoms with E-state index >= 15 is 0 Å². The Morgan fingerprint density at radius 1 is 1.00 bits per heavy atom. The summed E-state index contributed by atoms with van der Waals surface area (Å²) in [7, 11) is 0. The molecular weight excluding hydrogens is 184 g/mol. The molecule has 0 aromatic heterocycles. The first-order chi connectivity index (χ1) is 7.36. The lowest BCUT2D eigenvalue weighted by molar-refractivity contribution is 0.121. The van der Waals surface area contributed by atoms with Gasteiger partial charge in [-0.25, -0.2) is 0 Å². The second-order valence-electron chi connectivity index (χ2n) is 5.84. The summed E-state index contributed by atoms with van der Waals surface area (Å²) in [4.78, 5) is 2.86. The fraction of sp³-hybridized carbons (Fsp3) is 1.00. The molecule has 2 saturated heterocycles. The Kier molecular flexibility index (Phi) is 2.73. The first-order valence-electron chi connectivity index (χ1n) is 6.82. The minimum absolute atomic E-state index is 0.845. The van der Waals surface area contributed by atoms with Gasteiger partial charge >= 0.3 is 0 Å². The largest absolute Gasteiger partial charge is 0.315 e. The van der Waals surface area contributed by atoms with Crippen LogP contribution < -0.4 is 5.32 Å². The molecule has 1 aliphatic carbocycles. The Bertz CT molecular complexity index is 229. The van der Waals surface area contributed by atoms with E-state index in [9.17, 15) is 0 Å². The highest BCUT2D eigenvalue weighted by atomic mass is 15.2. The van der Waals surface area contributed by atoms with Crippen molar-refractivity contribution in [3.05, 3.63) is 0 Å². The molecule has 0 aromatic rings. The Morgan fingerprint density at radius 3 is 2.67 bits per heavy atom. The molecule has 0 spiro atoms. The Morgan fingerprint density at radius 2 is 1.87 bits per heavy atom. The number of hydrogen-bond donors (Lipinski definition) is 1. The summed E-state index contributed by atoms with van der Waals surface area (Å²) in [6.07, 6.45) is 7.44. The zero-order valence-electron chi connectivity index (χ0n) is 9.91. The number of nitrogens with zero attached hydrogens (tertiary/aromatic N) is 1. The quantitative estimate of drug-likeness (QED) is 0.707. The lowest BCUT2D eigenvalue weighted by Gasteiger charge is -2.36. The Hall–Kier alpha value is -0.0800. The van der Waals surface area contributed by atoms with Crippen LogP contribution in [0.2, 0.25) is 0 Å². The first-order valence-corrected chi connectivity index (χ1v) is 6.82. The molecule has 3 fully saturated rings. The molecule has 0 amide bonds. The Labute approximate surface area is 93.4 Å². The van der Waals surface area contributed by atoms with Crippen molar-refractivity contribution in [2.75, 3.05) is 19.6 Å². The summed E-state index contributed by atoms with van der Waals surface area (Å²) in [5.41, 5.74) is 0. The first kappa shape index (κ1) is 10.1. The summed E-state index contributed by atoms with van der Waals surface area (Å²) in [5, 5.41) is 3.55. The maximum Gasteiger partial charge on any atom is 0.0261 e. The van der Waals surface area contributed by atoms with Gasteiger partial charge in [0.25, 0.3) is 0 Å². The van der Waals surface area contributed by atoms with Gasteiger partial charge in [-0.2, -0.15) is 0 Å². The predicted molar refractivity (Wildman–Crippen MR) is 62.9 cm³/mol. The number of nitrogens with one attached hydrogen (secondary N) is 1. The third-order valence-corrected chi connectivity index (χ3v) is 4.96. The molecule has 2 heterocycles. The van der Waals surface area contributed by atoms with Gasteiger partial charge in [-0.15, -0.1) is 0 Å². The van der Waals surface area contributed by atoms with Crippen molar-refractivity contribution in [2.24, 2.45) is 11.8 Å². The summed E-state index contributed by atoms with van der Waals surface area (Å²) in [5.74, 6) is 1.91. The van der Waals surface area contributed by atoms with Crippen LogP contribution in [0.4, 0.5) is 0 Å². The third kappa shape index (κ3) is 1.72. The van der Waals surface area contributed by atoms with Gasteiger partial charge in [0.15, 0.2) is 0 Å². The summed E-state index contributed by atoms with van der Waals surface area (Å²) in [6, 6.07) is 1.80. The number of likely N-dealkylation sites (tertiary alicyclic amines) is 1. The highest BCUT2D eigenvalue weighted by Gasteiger charge is 2.41. The molecule has 0 bridgehead atoms. The van der Waals surface area contributed by atoms with Crippen LogP contribution in [0.25, 0.3) is 0 Å². The van der Waals surface area contributed by atoms with Crippen molar-refractivity contribution in [3.8, 4) is 0 Å². The second kappa shape index (κ2) is 4.06. The van der Waals surface area contributed by atoms with E-state index in [-0.39, 0.29) is 0 Å². The number of rotatable bonds is 1. The summed E-state index contributed by atoms with van der Waals surface area (Å²) < 4.78 is 0. The van der Waals surface area contributed by atoms with Gasteiger partial charge in [-0.3, -0.25) is 4.90 Å². The van der Waals surface area contributed by atoms with Gasteiger partial charge in [0.2, 0.25) is 0 Å². The molecule has 0 aromatic carbocycles. The second-order valence-corrected chi connectivity index (χ2v) is 5.84. The molecule has 2 heteroatoms. The topological polar surface area (TPSA) is 15.3 Å². The van der Waals surface area contributed by atoms with E-state index in [1.54, 1.807) is 0 Å². The lowest BCUT2D eigenvalue weighted by Crippen LogP contribution is -2.45. The molecule has 2 aliphatic heterocycles. The smallest absolute Gasteiger partial charge is 0.0261 e. The van der Waals surface area contributed by atoms with Gasteiger partial charge in [0, 0.05) is 18.6 Å². The van der Waals surface area contributed by atoms with Crippen molar-refractivity contribution in [1.82, 2.24) is 10.2 Å². The van der Waals surface area contributed by atoms with E-state index in [0.29, 0.717) is 0 Å². The van der Waals surface area contributed by atoms with Crippen LogP contribution in [-0.2, 0) is 0 Å². The highest BCUT2D eigenvalue weighted by molar-refractivity contribution is 4.97. The van der Waals surface area contributed by atoms with Crippen LogP contribution in [0.1, 0.15) is 39.0 Å². The van der Waals surface area contributed by atoms with Gasteiger partial charge in [-0.05, 0) is 44.2 Å². The van der Waals surface area contributed by atoms with Crippen LogP contribution in [0.15, 0.2) is 0 Å². The van der Waals surface area contributed by atoms with Gasteiger partial charge in [0.05, 0.1) is 0 Å². The van der Waals surface area contributed by atoms with E-state index < -0.39 is 0 Å². The maximum absolute atomic E-state index is 3.55. The van der Waals surface area contributed by atoms with Crippen LogP contribution in [0.3, 0.4) is 0 Å². The molecule has 4 unspecified atom stereocenters. The lowest BCUT2D eigenvalue weighted by atomic mass is 9.84. The van der Waals surface area contributed by atoms with Crippen molar-refractivity contribution in [1.29, 1.82) is 0 Å². The normalized spacial score (nSPS) is 47.0. The number of fused-ring (bicyclic) bond motifs is 1. The average Bonchev–Trinajstić information content (AvgIpc) is 2.83. The van der Waals surface area contributed by atoms with Gasteiger partial charge in [-0.1, -0.05) is 19.8 Å². The van der Waals surface area contributed by atoms with Crippen LogP contribution in [-0.4, -0.2) is 36.6 Å². The summed E-state index contributed by atoms with van der Waals surface area (Å²) in [6.45, 7) is 6.27. The van der Waals surface area contributed by atoms with Gasteiger partial charge in [0.1, 0.15) is 0 Å². The van der Waals surface area contributed by atoms with Crippen LogP contribution in [0, 0.1) is 11.8 Å². The fourth-order valence-electron chi connectivity index (χ4n) is 4.09. The average molecular weight is 208 g/mol. The zero-order chi connectivity index (χ0) is 10.3. The maximum atomic E-state index is 3.55. The van der Waals surface area contributed by atoms with E-state index in [4.69, 9.17) is 0 Å². The molecule has 0 radical (unpaired) electrons. The Balaban J connectivity index is 1.70. The predicted octanol–water partition coefficient (Wildman–Crippen LogP) is 1.86. The fourth-order valence-corrected chi connectivity index (χ4v) is 4.09. The third-order valence-electron chi connectivity index (χ3n) is 4.96. The standard InChI is InChI=1S/C13H24N2/c1-10-8-14-9-13(10)15-7-6-11-4-2-3-5-12(11)15/h10-14H,2-9H2,1H3. The minimum Gasteiger partial charge on any atom is -0.315 e. The van der Waals surface area contributed by atoms with Crippen LogP contribution in [0.5, 0.6) is 0 Å². The highest BCUT2D eigenvalue weighted by Crippen LogP contribution is 2.38. The molecule has 3 rings (SSSR count). The van der Waals surface area contributed by atoms with E-state index in [2.05, 4.69) is 17.1 Å². The zero-order valence-corrected chi connectivity index (χ0v) is 9.91. The van der Waals surface area contributed by atoms with Crippen LogP contribution >= 0.6 is 0 Å². The van der Waals surface area contributed by atoms with E-state index in [1.165, 1.54) is 51.7 Å². The molecule has 1 saturated carbocycles. The van der Waals surface area contributed by atoms with Crippen molar-refractivity contribution in [2.45, 2.75) is 51.1 Å². The van der Waals surface area contributed by atoms with Crippen molar-refractivity contribution >= 4 is 0 Å². The van der Waals surface area contributed by atoms with Crippen molar-refractivity contribution in [3.63, 3.8) is 0 Å². The molecule has 3 aliphatic rings. The minimum atomic E-state index is 0.845. The number of hydrogen-bond acceptors (Lipinski definition) is 2. The monoisotopic (exact) mass is 208 g/mol. The van der Waals surface area contributed by atoms with Gasteiger partial charge < -0.3 is 5.32 Å². The molecule has 15 heavy (non-hydrogen) atoms. The molecular formula is C13H24N2. The molecule has 2 nitrogen and oxygen atoms in total. The van der Waals surface area contributed by atoms with E-state index in [1.807, 2.05) is 0 Å². The SMILES string of the molecule is CC1CNCC1N1CCC2CCCCC21. The molecule has 4 atom stereocenters. The molecule has 86 valence electrons. The molecule has 1 N–H and O–H groups in total. The summed E-state index contributed by atoms with van der Waals surface area (Å²) >= 11 is 0. The van der Waals surface area contributed by atoms with E-state index in [0.717, 1.165) is 23.9 Å².